The van der Waals surface area contributed by atoms with E-state index in [4.69, 9.17) is 0 Å². The van der Waals surface area contributed by atoms with Crippen LogP contribution in [0.4, 0.5) is 0 Å². The van der Waals surface area contributed by atoms with E-state index < -0.39 is 17.8 Å². The molecule has 11 atom stereocenters. The van der Waals surface area contributed by atoms with Crippen molar-refractivity contribution in [1.29, 1.82) is 0 Å². The molecule has 0 aliphatic heterocycles. The molecule has 4 fully saturated rings. The Morgan fingerprint density at radius 3 is 2.28 bits per heavy atom. The van der Waals surface area contributed by atoms with Crippen LogP contribution in [0.3, 0.4) is 0 Å². The van der Waals surface area contributed by atoms with Crippen LogP contribution in [0.15, 0.2) is 0 Å². The first-order valence-corrected chi connectivity index (χ1v) is 14.1. The third kappa shape index (κ3) is 3.72. The van der Waals surface area contributed by atoms with E-state index in [9.17, 15) is 15.3 Å². The van der Waals surface area contributed by atoms with Gasteiger partial charge in [0, 0.05) is 11.8 Å². The first kappa shape index (κ1) is 25.0. The van der Waals surface area contributed by atoms with Gasteiger partial charge in [-0.15, -0.1) is 0 Å². The molecule has 2 unspecified atom stereocenters. The summed E-state index contributed by atoms with van der Waals surface area (Å²) < 4.78 is 0. The molecule has 4 saturated carbocycles. The Bertz CT molecular complexity index is 663. The molecule has 0 heterocycles. The van der Waals surface area contributed by atoms with Gasteiger partial charge in [-0.1, -0.05) is 54.4 Å². The zero-order valence-electron chi connectivity index (χ0n) is 21.8. The van der Waals surface area contributed by atoms with Crippen LogP contribution in [0.2, 0.25) is 0 Å². The van der Waals surface area contributed by atoms with E-state index in [0.717, 1.165) is 42.9 Å². The van der Waals surface area contributed by atoms with Gasteiger partial charge < -0.3 is 15.3 Å². The number of aliphatic hydroxyl groups excluding tert-OH is 2. The average Bonchev–Trinajstić information content (AvgIpc) is 3.08. The van der Waals surface area contributed by atoms with E-state index in [1.54, 1.807) is 0 Å². The molecule has 186 valence electrons. The third-order valence-corrected chi connectivity index (χ3v) is 12.1. The highest BCUT2D eigenvalue weighted by Crippen LogP contribution is 2.69. The molecule has 0 radical (unpaired) electrons. The standard InChI is InChI=1S/C29H52O3/c1-7-20(18(2)3)9-8-19(4)23-10-11-24-22-16-26(31)29(32)17-21(30)12-15-28(29,6)25(22)13-14-27(23,24)5/h18-26,30-32H,7-17H2,1-6H3/t19-,20-,21+,22+,23-,24+,25+,26?,27-,28-,29?/m1/s1. The van der Waals surface area contributed by atoms with E-state index in [1.165, 1.54) is 44.9 Å². The Morgan fingerprint density at radius 1 is 0.906 bits per heavy atom. The molecule has 3 N–H and O–H groups in total. The van der Waals surface area contributed by atoms with Gasteiger partial charge in [0.15, 0.2) is 0 Å². The van der Waals surface area contributed by atoms with Crippen LogP contribution in [0.25, 0.3) is 0 Å². The van der Waals surface area contributed by atoms with Crippen molar-refractivity contribution in [1.82, 2.24) is 0 Å². The van der Waals surface area contributed by atoms with Gasteiger partial charge in [-0.3, -0.25) is 0 Å². The zero-order chi connectivity index (χ0) is 23.5. The van der Waals surface area contributed by atoms with Crippen molar-refractivity contribution in [2.24, 2.45) is 52.3 Å². The van der Waals surface area contributed by atoms with Gasteiger partial charge in [0.25, 0.3) is 0 Å². The maximum absolute atomic E-state index is 11.7. The quantitative estimate of drug-likeness (QED) is 0.454. The fraction of sp³-hybridized carbons (Fsp3) is 1.00. The summed E-state index contributed by atoms with van der Waals surface area (Å²) in [5, 5.41) is 33.2. The Hall–Kier alpha value is -0.120. The van der Waals surface area contributed by atoms with E-state index in [2.05, 4.69) is 41.5 Å². The van der Waals surface area contributed by atoms with Crippen LogP contribution in [0.5, 0.6) is 0 Å². The summed E-state index contributed by atoms with van der Waals surface area (Å²) in [6, 6.07) is 0. The monoisotopic (exact) mass is 448 g/mol. The van der Waals surface area contributed by atoms with E-state index in [-0.39, 0.29) is 5.41 Å². The highest BCUT2D eigenvalue weighted by molar-refractivity contribution is 5.17. The molecule has 3 nitrogen and oxygen atoms in total. The lowest BCUT2D eigenvalue weighted by molar-refractivity contribution is -0.264. The smallest absolute Gasteiger partial charge is 0.0985 e. The van der Waals surface area contributed by atoms with Crippen LogP contribution >= 0.6 is 0 Å². The maximum atomic E-state index is 11.7. The summed E-state index contributed by atoms with van der Waals surface area (Å²) in [5.41, 5.74) is -0.984. The third-order valence-electron chi connectivity index (χ3n) is 12.1. The lowest BCUT2D eigenvalue weighted by Gasteiger charge is -2.65. The van der Waals surface area contributed by atoms with Gasteiger partial charge in [0.05, 0.1) is 17.8 Å². The Morgan fingerprint density at radius 2 is 1.62 bits per heavy atom. The predicted molar refractivity (Wildman–Crippen MR) is 131 cm³/mol. The molecule has 0 amide bonds. The number of hydrogen-bond acceptors (Lipinski definition) is 3. The first-order chi connectivity index (χ1) is 15.0. The Labute approximate surface area is 197 Å². The molecule has 3 heteroatoms. The van der Waals surface area contributed by atoms with Crippen LogP contribution in [-0.4, -0.2) is 33.1 Å². The van der Waals surface area contributed by atoms with E-state index >= 15 is 0 Å². The van der Waals surface area contributed by atoms with Gasteiger partial charge >= 0.3 is 0 Å². The first-order valence-electron chi connectivity index (χ1n) is 14.1. The van der Waals surface area contributed by atoms with Crippen molar-refractivity contribution in [3.05, 3.63) is 0 Å². The van der Waals surface area contributed by atoms with Crippen molar-refractivity contribution < 1.29 is 15.3 Å². The molecular weight excluding hydrogens is 396 g/mol. The molecule has 32 heavy (non-hydrogen) atoms. The van der Waals surface area contributed by atoms with Gasteiger partial charge in [-0.05, 0) is 98.2 Å². The predicted octanol–water partition coefficient (Wildman–Crippen LogP) is 6.19. The van der Waals surface area contributed by atoms with E-state index in [1.807, 2.05) is 0 Å². The number of hydrogen-bond donors (Lipinski definition) is 3. The molecule has 0 aromatic carbocycles. The van der Waals surface area contributed by atoms with Crippen molar-refractivity contribution in [2.45, 2.75) is 130 Å². The normalized spacial score (nSPS) is 50.4. The second-order valence-corrected chi connectivity index (χ2v) is 13.6. The highest BCUT2D eigenvalue weighted by atomic mass is 16.3. The number of rotatable bonds is 6. The van der Waals surface area contributed by atoms with Gasteiger partial charge in [-0.2, -0.15) is 0 Å². The van der Waals surface area contributed by atoms with Gasteiger partial charge in [-0.25, -0.2) is 0 Å². The summed E-state index contributed by atoms with van der Waals surface area (Å²) in [6.07, 6.45) is 10.7. The molecule has 4 aliphatic rings. The Kier molecular flexibility index (Phi) is 6.89. The molecule has 4 rings (SSSR count). The second-order valence-electron chi connectivity index (χ2n) is 13.6. The zero-order valence-corrected chi connectivity index (χ0v) is 21.8. The summed E-state index contributed by atoms with van der Waals surface area (Å²) in [6.45, 7) is 14.5. The van der Waals surface area contributed by atoms with Crippen LogP contribution < -0.4 is 0 Å². The maximum Gasteiger partial charge on any atom is 0.0985 e. The molecule has 0 spiro atoms. The highest BCUT2D eigenvalue weighted by Gasteiger charge is 2.67. The molecular formula is C29H52O3. The van der Waals surface area contributed by atoms with Gasteiger partial charge in [0.1, 0.15) is 0 Å². The van der Waals surface area contributed by atoms with Crippen LogP contribution in [0, 0.1) is 52.3 Å². The van der Waals surface area contributed by atoms with E-state index in [0.29, 0.717) is 29.6 Å². The average molecular weight is 449 g/mol. The van der Waals surface area contributed by atoms with Gasteiger partial charge in [0.2, 0.25) is 0 Å². The minimum absolute atomic E-state index is 0.259. The lowest BCUT2D eigenvalue weighted by atomic mass is 9.42. The van der Waals surface area contributed by atoms with Crippen molar-refractivity contribution in [2.75, 3.05) is 0 Å². The Balaban J connectivity index is 1.51. The summed E-state index contributed by atoms with van der Waals surface area (Å²) in [7, 11) is 0. The van der Waals surface area contributed by atoms with Crippen molar-refractivity contribution in [3.63, 3.8) is 0 Å². The molecule has 0 bridgehead atoms. The lowest BCUT2D eigenvalue weighted by Crippen LogP contribution is -2.68. The number of fused-ring (bicyclic) bond motifs is 5. The molecule has 0 saturated heterocycles. The largest absolute Gasteiger partial charge is 0.393 e. The molecule has 0 aromatic heterocycles. The fourth-order valence-electron chi connectivity index (χ4n) is 9.92. The van der Waals surface area contributed by atoms with Crippen molar-refractivity contribution in [3.8, 4) is 0 Å². The molecule has 4 aliphatic carbocycles. The minimum Gasteiger partial charge on any atom is -0.393 e. The summed E-state index contributed by atoms with van der Waals surface area (Å²) >= 11 is 0. The summed E-state index contributed by atoms with van der Waals surface area (Å²) in [4.78, 5) is 0. The van der Waals surface area contributed by atoms with Crippen LogP contribution in [-0.2, 0) is 0 Å². The number of aliphatic hydroxyl groups is 3. The topological polar surface area (TPSA) is 60.7 Å². The summed E-state index contributed by atoms with van der Waals surface area (Å²) in [5.74, 6) is 4.92. The SMILES string of the molecule is CC[C@H](CC[C@@H](C)[C@H]1CC[C@H]2[C@@H]3CC(O)C4(O)C[C@@H](O)CC[C@]4(C)[C@H]3CC[C@]12C)C(C)C. The second kappa shape index (κ2) is 8.83. The minimum atomic E-state index is -1.11. The van der Waals surface area contributed by atoms with Crippen LogP contribution in [0.1, 0.15) is 112 Å². The molecule has 0 aromatic rings. The van der Waals surface area contributed by atoms with Crippen molar-refractivity contribution >= 4 is 0 Å². The fourth-order valence-corrected chi connectivity index (χ4v) is 9.92.